The van der Waals surface area contributed by atoms with Gasteiger partial charge >= 0.3 is 0 Å². The molecule has 22 heavy (non-hydrogen) atoms. The van der Waals surface area contributed by atoms with Crippen LogP contribution in [0, 0.1) is 5.92 Å². The maximum atomic E-state index is 6.19. The highest BCUT2D eigenvalue weighted by Crippen LogP contribution is 2.19. The number of aromatic nitrogens is 1. The second-order valence-electron chi connectivity index (χ2n) is 5.90. The molecule has 1 aromatic heterocycles. The second-order valence-corrected chi connectivity index (χ2v) is 6.78. The van der Waals surface area contributed by atoms with Crippen LogP contribution in [0.25, 0.3) is 0 Å². The fourth-order valence-electron chi connectivity index (χ4n) is 2.74. The van der Waals surface area contributed by atoms with Crippen LogP contribution < -0.4 is 10.6 Å². The molecule has 0 aliphatic carbocycles. The molecule has 1 saturated heterocycles. The Hall–Kier alpha value is -1.30. The summed E-state index contributed by atoms with van der Waals surface area (Å²) in [4.78, 5) is 13.6. The average molecular weight is 324 g/mol. The molecule has 1 fully saturated rings. The van der Waals surface area contributed by atoms with Crippen LogP contribution in [0.2, 0.25) is 0 Å². The van der Waals surface area contributed by atoms with Crippen molar-refractivity contribution < 1.29 is 0 Å². The molecule has 0 saturated carbocycles. The standard InChI is InChI=1S/C16H29N5S/c1-3-5-6-14(4-2)13-19-15(17)20-8-10-21(11-9-20)16-18-7-12-22-16/h7,12,14H,3-6,8-11,13H2,1-2H3,(H2,17,19). The van der Waals surface area contributed by atoms with Gasteiger partial charge in [-0.25, -0.2) is 4.98 Å². The Balaban J connectivity index is 1.78. The molecule has 0 spiro atoms. The number of nitrogens with two attached hydrogens (primary N) is 1. The molecule has 1 aliphatic heterocycles. The van der Waals surface area contributed by atoms with Crippen molar-refractivity contribution >= 4 is 22.4 Å². The Morgan fingerprint density at radius 2 is 2.14 bits per heavy atom. The van der Waals surface area contributed by atoms with Gasteiger partial charge in [-0.2, -0.15) is 0 Å². The van der Waals surface area contributed by atoms with Crippen molar-refractivity contribution in [3.05, 3.63) is 11.6 Å². The molecule has 0 bridgehead atoms. The SMILES string of the molecule is CCCCC(CC)CN=C(N)N1CCN(c2nccs2)CC1. The fraction of sp³-hybridized carbons (Fsp3) is 0.750. The number of anilines is 1. The third-order valence-electron chi connectivity index (χ3n) is 4.35. The minimum Gasteiger partial charge on any atom is -0.370 e. The zero-order valence-electron chi connectivity index (χ0n) is 13.9. The highest BCUT2D eigenvalue weighted by atomic mass is 32.1. The van der Waals surface area contributed by atoms with E-state index < -0.39 is 0 Å². The maximum absolute atomic E-state index is 6.19. The van der Waals surface area contributed by atoms with Crippen molar-refractivity contribution in [1.82, 2.24) is 9.88 Å². The van der Waals surface area contributed by atoms with E-state index >= 15 is 0 Å². The first kappa shape index (κ1) is 17.1. The third-order valence-corrected chi connectivity index (χ3v) is 5.18. The van der Waals surface area contributed by atoms with Crippen LogP contribution in [0.5, 0.6) is 0 Å². The molecule has 6 heteroatoms. The van der Waals surface area contributed by atoms with E-state index in [9.17, 15) is 0 Å². The molecular weight excluding hydrogens is 294 g/mol. The Bertz CT molecular complexity index is 437. The van der Waals surface area contributed by atoms with Gasteiger partial charge in [0.1, 0.15) is 0 Å². The molecule has 0 aromatic carbocycles. The van der Waals surface area contributed by atoms with E-state index in [4.69, 9.17) is 5.73 Å². The summed E-state index contributed by atoms with van der Waals surface area (Å²) in [5, 5.41) is 3.14. The van der Waals surface area contributed by atoms with Gasteiger partial charge in [0.05, 0.1) is 0 Å². The predicted molar refractivity (Wildman–Crippen MR) is 95.7 cm³/mol. The van der Waals surface area contributed by atoms with E-state index in [1.165, 1.54) is 25.7 Å². The van der Waals surface area contributed by atoms with E-state index in [0.717, 1.165) is 37.9 Å². The number of nitrogens with zero attached hydrogens (tertiary/aromatic N) is 4. The number of guanidine groups is 1. The molecule has 2 rings (SSSR count). The lowest BCUT2D eigenvalue weighted by Gasteiger charge is -2.35. The van der Waals surface area contributed by atoms with Gasteiger partial charge < -0.3 is 15.5 Å². The normalized spacial score (nSPS) is 17.8. The Morgan fingerprint density at radius 1 is 1.36 bits per heavy atom. The topological polar surface area (TPSA) is 57.8 Å². The van der Waals surface area contributed by atoms with Crippen LogP contribution in [-0.4, -0.2) is 48.6 Å². The summed E-state index contributed by atoms with van der Waals surface area (Å²) in [6, 6.07) is 0. The highest BCUT2D eigenvalue weighted by molar-refractivity contribution is 7.13. The number of hydrogen-bond donors (Lipinski definition) is 1. The van der Waals surface area contributed by atoms with Gasteiger partial charge in [0.25, 0.3) is 0 Å². The number of rotatable bonds is 7. The second kappa shape index (κ2) is 8.98. The Labute approximate surface area is 138 Å². The summed E-state index contributed by atoms with van der Waals surface area (Å²) in [6.45, 7) is 9.16. The van der Waals surface area contributed by atoms with Crippen molar-refractivity contribution in [1.29, 1.82) is 0 Å². The predicted octanol–water partition coefficient (Wildman–Crippen LogP) is 2.80. The van der Waals surface area contributed by atoms with Crippen LogP contribution in [0.3, 0.4) is 0 Å². The number of piperazine rings is 1. The van der Waals surface area contributed by atoms with Gasteiger partial charge in [-0.05, 0) is 12.3 Å². The zero-order valence-corrected chi connectivity index (χ0v) is 14.7. The van der Waals surface area contributed by atoms with Gasteiger partial charge in [-0.3, -0.25) is 4.99 Å². The lowest BCUT2D eigenvalue weighted by molar-refractivity contribution is 0.377. The first-order chi connectivity index (χ1) is 10.7. The lowest BCUT2D eigenvalue weighted by Crippen LogP contribution is -2.51. The third kappa shape index (κ3) is 4.87. The smallest absolute Gasteiger partial charge is 0.191 e. The summed E-state index contributed by atoms with van der Waals surface area (Å²) < 4.78 is 0. The quantitative estimate of drug-likeness (QED) is 0.619. The summed E-state index contributed by atoms with van der Waals surface area (Å²) >= 11 is 1.70. The number of hydrogen-bond acceptors (Lipinski definition) is 4. The molecule has 124 valence electrons. The van der Waals surface area contributed by atoms with E-state index in [1.54, 1.807) is 11.3 Å². The van der Waals surface area contributed by atoms with E-state index in [2.05, 4.69) is 33.6 Å². The minimum atomic E-state index is 0.676. The first-order valence-corrected chi connectivity index (χ1v) is 9.31. The zero-order chi connectivity index (χ0) is 15.8. The van der Waals surface area contributed by atoms with Crippen molar-refractivity contribution in [3.8, 4) is 0 Å². The number of unbranched alkanes of at least 4 members (excludes halogenated alkanes) is 1. The number of aliphatic imine (C=N–C) groups is 1. The molecule has 1 unspecified atom stereocenters. The Morgan fingerprint density at radius 3 is 2.73 bits per heavy atom. The van der Waals surface area contributed by atoms with Crippen molar-refractivity contribution in [2.24, 2.45) is 16.6 Å². The van der Waals surface area contributed by atoms with Crippen molar-refractivity contribution in [2.45, 2.75) is 39.5 Å². The van der Waals surface area contributed by atoms with Crippen LogP contribution in [0.4, 0.5) is 5.13 Å². The summed E-state index contributed by atoms with van der Waals surface area (Å²) in [7, 11) is 0. The van der Waals surface area contributed by atoms with Crippen LogP contribution in [0.1, 0.15) is 39.5 Å². The molecule has 1 aromatic rings. The minimum absolute atomic E-state index is 0.676. The van der Waals surface area contributed by atoms with Crippen LogP contribution >= 0.6 is 11.3 Å². The van der Waals surface area contributed by atoms with E-state index in [0.29, 0.717) is 11.9 Å². The van der Waals surface area contributed by atoms with E-state index in [1.807, 2.05) is 11.6 Å². The molecule has 2 heterocycles. The summed E-state index contributed by atoms with van der Waals surface area (Å²) in [6.07, 6.45) is 6.87. The summed E-state index contributed by atoms with van der Waals surface area (Å²) in [5.41, 5.74) is 6.19. The average Bonchev–Trinajstić information content (AvgIpc) is 3.09. The van der Waals surface area contributed by atoms with Crippen LogP contribution in [0.15, 0.2) is 16.6 Å². The molecule has 0 radical (unpaired) electrons. The van der Waals surface area contributed by atoms with Gasteiger partial charge in [-0.15, -0.1) is 11.3 Å². The molecule has 2 N–H and O–H groups in total. The molecule has 0 amide bonds. The van der Waals surface area contributed by atoms with E-state index in [-0.39, 0.29) is 0 Å². The van der Waals surface area contributed by atoms with Crippen molar-refractivity contribution in [2.75, 3.05) is 37.6 Å². The maximum Gasteiger partial charge on any atom is 0.191 e. The molecule has 1 aliphatic rings. The first-order valence-electron chi connectivity index (χ1n) is 8.43. The van der Waals surface area contributed by atoms with Crippen LogP contribution in [-0.2, 0) is 0 Å². The lowest BCUT2D eigenvalue weighted by atomic mass is 10.00. The monoisotopic (exact) mass is 323 g/mol. The van der Waals surface area contributed by atoms with Gasteiger partial charge in [0.2, 0.25) is 0 Å². The fourth-order valence-corrected chi connectivity index (χ4v) is 3.44. The highest BCUT2D eigenvalue weighted by Gasteiger charge is 2.19. The van der Waals surface area contributed by atoms with Gasteiger partial charge in [-0.1, -0.05) is 33.1 Å². The molecule has 1 atom stereocenters. The Kier molecular flexibility index (Phi) is 6.96. The van der Waals surface area contributed by atoms with Crippen molar-refractivity contribution in [3.63, 3.8) is 0 Å². The van der Waals surface area contributed by atoms with Gasteiger partial charge in [0.15, 0.2) is 11.1 Å². The molecule has 5 nitrogen and oxygen atoms in total. The van der Waals surface area contributed by atoms with Gasteiger partial charge in [0, 0.05) is 44.3 Å². The number of thiazole rings is 1. The largest absolute Gasteiger partial charge is 0.370 e. The summed E-state index contributed by atoms with van der Waals surface area (Å²) in [5.74, 6) is 1.39. The molecular formula is C16H29N5S.